The number of carbonyl (C=O) groups excluding carboxylic acids is 1. The first kappa shape index (κ1) is 10.8. The molecule has 0 aliphatic carbocycles. The monoisotopic (exact) mass is 231 g/mol. The van der Waals surface area contributed by atoms with Crippen LogP contribution in [-0.4, -0.2) is 12.7 Å². The average molecular weight is 231 g/mol. The van der Waals surface area contributed by atoms with Crippen molar-refractivity contribution < 1.29 is 22.7 Å². The van der Waals surface area contributed by atoms with Crippen molar-refractivity contribution in [1.29, 1.82) is 0 Å². The van der Waals surface area contributed by atoms with E-state index in [1.54, 1.807) is 0 Å². The van der Waals surface area contributed by atoms with E-state index in [0.717, 1.165) is 6.07 Å². The SMILES string of the molecule is O=C1N[C@H](c2cc(F)c(F)cc2F)CCO1. The Bertz CT molecular complexity index is 436. The van der Waals surface area contributed by atoms with Crippen LogP contribution in [0.1, 0.15) is 18.0 Å². The largest absolute Gasteiger partial charge is 0.449 e. The van der Waals surface area contributed by atoms with Gasteiger partial charge in [-0.25, -0.2) is 18.0 Å². The zero-order valence-electron chi connectivity index (χ0n) is 8.10. The van der Waals surface area contributed by atoms with Crippen LogP contribution >= 0.6 is 0 Å². The van der Waals surface area contributed by atoms with Crippen molar-refractivity contribution >= 4 is 6.09 Å². The maximum Gasteiger partial charge on any atom is 0.407 e. The van der Waals surface area contributed by atoms with Gasteiger partial charge in [-0.2, -0.15) is 0 Å². The van der Waals surface area contributed by atoms with Crippen LogP contribution in [-0.2, 0) is 4.74 Å². The minimum absolute atomic E-state index is 0.0736. The van der Waals surface area contributed by atoms with E-state index in [1.807, 2.05) is 0 Å². The highest BCUT2D eigenvalue weighted by molar-refractivity contribution is 5.68. The smallest absolute Gasteiger partial charge is 0.407 e. The summed E-state index contributed by atoms with van der Waals surface area (Å²) in [5.41, 5.74) is -0.0736. The van der Waals surface area contributed by atoms with Gasteiger partial charge in [0.2, 0.25) is 0 Å². The van der Waals surface area contributed by atoms with E-state index in [0.29, 0.717) is 12.5 Å². The van der Waals surface area contributed by atoms with Crippen molar-refractivity contribution in [2.24, 2.45) is 0 Å². The zero-order valence-corrected chi connectivity index (χ0v) is 8.10. The van der Waals surface area contributed by atoms with E-state index in [4.69, 9.17) is 0 Å². The first-order chi connectivity index (χ1) is 7.58. The molecule has 0 unspecified atom stereocenters. The molecular formula is C10H8F3NO2. The number of hydrogen-bond donors (Lipinski definition) is 1. The van der Waals surface area contributed by atoms with Gasteiger partial charge in [-0.05, 0) is 6.07 Å². The van der Waals surface area contributed by atoms with E-state index >= 15 is 0 Å². The van der Waals surface area contributed by atoms with Gasteiger partial charge in [-0.15, -0.1) is 0 Å². The van der Waals surface area contributed by atoms with E-state index in [2.05, 4.69) is 10.1 Å². The van der Waals surface area contributed by atoms with Crippen LogP contribution in [0.3, 0.4) is 0 Å². The Labute approximate surface area is 89.2 Å². The molecule has 0 radical (unpaired) electrons. The van der Waals surface area contributed by atoms with Crippen molar-refractivity contribution in [3.05, 3.63) is 35.1 Å². The van der Waals surface area contributed by atoms with Gasteiger partial charge in [0.05, 0.1) is 12.6 Å². The molecule has 3 nitrogen and oxygen atoms in total. The predicted octanol–water partition coefficient (Wildman–Crippen LogP) is 2.27. The van der Waals surface area contributed by atoms with Crippen molar-refractivity contribution in [3.8, 4) is 0 Å². The highest BCUT2D eigenvalue weighted by Crippen LogP contribution is 2.24. The van der Waals surface area contributed by atoms with E-state index in [-0.39, 0.29) is 12.2 Å². The number of carbonyl (C=O) groups is 1. The summed E-state index contributed by atoms with van der Waals surface area (Å²) in [5, 5.41) is 2.33. The molecule has 1 aliphatic heterocycles. The Morgan fingerprint density at radius 1 is 1.19 bits per heavy atom. The first-order valence-corrected chi connectivity index (χ1v) is 4.65. The fourth-order valence-corrected chi connectivity index (χ4v) is 1.56. The summed E-state index contributed by atoms with van der Waals surface area (Å²) >= 11 is 0. The molecule has 0 bridgehead atoms. The summed E-state index contributed by atoms with van der Waals surface area (Å²) in [6, 6.07) is 0.532. The molecule has 86 valence electrons. The number of alkyl carbamates (subject to hydrolysis) is 1. The first-order valence-electron chi connectivity index (χ1n) is 4.65. The number of halogens is 3. The number of amides is 1. The molecular weight excluding hydrogens is 223 g/mol. The van der Waals surface area contributed by atoms with E-state index in [1.165, 1.54) is 0 Å². The third kappa shape index (κ3) is 1.95. The maximum absolute atomic E-state index is 13.3. The molecule has 16 heavy (non-hydrogen) atoms. The normalized spacial score (nSPS) is 20.2. The topological polar surface area (TPSA) is 38.3 Å². The van der Waals surface area contributed by atoms with Gasteiger partial charge in [-0.1, -0.05) is 0 Å². The van der Waals surface area contributed by atoms with Crippen LogP contribution in [0.25, 0.3) is 0 Å². The van der Waals surface area contributed by atoms with Crippen molar-refractivity contribution in [3.63, 3.8) is 0 Å². The van der Waals surface area contributed by atoms with E-state index in [9.17, 15) is 18.0 Å². The van der Waals surface area contributed by atoms with Gasteiger partial charge in [0.15, 0.2) is 11.6 Å². The van der Waals surface area contributed by atoms with Gasteiger partial charge in [0.1, 0.15) is 5.82 Å². The molecule has 1 N–H and O–H groups in total. The number of hydrogen-bond acceptors (Lipinski definition) is 2. The molecule has 1 heterocycles. The second-order valence-electron chi connectivity index (χ2n) is 3.41. The molecule has 2 rings (SSSR count). The minimum Gasteiger partial charge on any atom is -0.449 e. The van der Waals surface area contributed by atoms with Gasteiger partial charge >= 0.3 is 6.09 Å². The molecule has 1 aliphatic rings. The summed E-state index contributed by atoms with van der Waals surface area (Å²) in [6.45, 7) is 0.120. The lowest BCUT2D eigenvalue weighted by Crippen LogP contribution is -2.35. The number of cyclic esters (lactones) is 1. The molecule has 0 aromatic heterocycles. The van der Waals surface area contributed by atoms with Crippen LogP contribution in [0.15, 0.2) is 12.1 Å². The molecule has 1 fully saturated rings. The van der Waals surface area contributed by atoms with Crippen molar-refractivity contribution in [1.82, 2.24) is 5.32 Å². The quantitative estimate of drug-likeness (QED) is 0.753. The Kier molecular flexibility index (Phi) is 2.72. The Morgan fingerprint density at radius 2 is 1.88 bits per heavy atom. The van der Waals surface area contributed by atoms with Crippen LogP contribution in [0.5, 0.6) is 0 Å². The van der Waals surface area contributed by atoms with Crippen LogP contribution in [0.2, 0.25) is 0 Å². The molecule has 1 atom stereocenters. The lowest BCUT2D eigenvalue weighted by atomic mass is 10.0. The summed E-state index contributed by atoms with van der Waals surface area (Å²) in [5.74, 6) is -3.28. The highest BCUT2D eigenvalue weighted by Gasteiger charge is 2.24. The lowest BCUT2D eigenvalue weighted by Gasteiger charge is -2.24. The molecule has 0 spiro atoms. The third-order valence-electron chi connectivity index (χ3n) is 2.35. The fraction of sp³-hybridized carbons (Fsp3) is 0.300. The molecule has 1 amide bonds. The second-order valence-corrected chi connectivity index (χ2v) is 3.41. The zero-order chi connectivity index (χ0) is 11.7. The molecule has 0 saturated carbocycles. The highest BCUT2D eigenvalue weighted by atomic mass is 19.2. The third-order valence-corrected chi connectivity index (χ3v) is 2.35. The van der Waals surface area contributed by atoms with Gasteiger partial charge < -0.3 is 10.1 Å². The number of benzene rings is 1. The molecule has 6 heteroatoms. The number of rotatable bonds is 1. The van der Waals surface area contributed by atoms with Crippen LogP contribution in [0.4, 0.5) is 18.0 Å². The maximum atomic E-state index is 13.3. The molecule has 1 aromatic carbocycles. The standard InChI is InChI=1S/C10H8F3NO2/c11-6-4-8(13)7(12)3-5(6)9-1-2-16-10(15)14-9/h3-4,9H,1-2H2,(H,14,15)/t9-/m0/s1. The van der Waals surface area contributed by atoms with Crippen molar-refractivity contribution in [2.75, 3.05) is 6.61 Å². The van der Waals surface area contributed by atoms with Gasteiger partial charge in [-0.3, -0.25) is 0 Å². The number of ether oxygens (including phenoxy) is 1. The van der Waals surface area contributed by atoms with Crippen LogP contribution in [0, 0.1) is 17.5 Å². The Balaban J connectivity index is 2.32. The van der Waals surface area contributed by atoms with E-state index < -0.39 is 29.6 Å². The Morgan fingerprint density at radius 3 is 2.56 bits per heavy atom. The Hall–Kier alpha value is -1.72. The van der Waals surface area contributed by atoms with Crippen molar-refractivity contribution in [2.45, 2.75) is 12.5 Å². The number of nitrogens with one attached hydrogen (secondary N) is 1. The lowest BCUT2D eigenvalue weighted by molar-refractivity contribution is 0.115. The summed E-state index contributed by atoms with van der Waals surface area (Å²) in [6.07, 6.45) is -0.381. The van der Waals surface area contributed by atoms with Gasteiger partial charge in [0.25, 0.3) is 0 Å². The summed E-state index contributed by atoms with van der Waals surface area (Å²) < 4.78 is 43.5. The second kappa shape index (κ2) is 4.03. The molecule has 1 aromatic rings. The summed E-state index contributed by atoms with van der Waals surface area (Å²) in [4.78, 5) is 10.9. The fourth-order valence-electron chi connectivity index (χ4n) is 1.56. The average Bonchev–Trinajstić information content (AvgIpc) is 2.23. The summed E-state index contributed by atoms with van der Waals surface area (Å²) in [7, 11) is 0. The van der Waals surface area contributed by atoms with Crippen LogP contribution < -0.4 is 5.32 Å². The predicted molar refractivity (Wildman–Crippen MR) is 48.2 cm³/mol. The van der Waals surface area contributed by atoms with Gasteiger partial charge in [0, 0.05) is 18.1 Å². The minimum atomic E-state index is -1.25. The molecule has 1 saturated heterocycles.